The van der Waals surface area contributed by atoms with Gasteiger partial charge < -0.3 is 14.8 Å². The van der Waals surface area contributed by atoms with Crippen molar-refractivity contribution in [2.45, 2.75) is 12.8 Å². The van der Waals surface area contributed by atoms with Crippen molar-refractivity contribution in [3.63, 3.8) is 0 Å². The van der Waals surface area contributed by atoms with E-state index < -0.39 is 0 Å². The molecule has 0 aliphatic carbocycles. The third-order valence-electron chi connectivity index (χ3n) is 4.70. The van der Waals surface area contributed by atoms with E-state index in [1.54, 1.807) is 43.6 Å². The molecule has 2 heterocycles. The van der Waals surface area contributed by atoms with Crippen molar-refractivity contribution in [2.75, 3.05) is 45.3 Å². The largest absolute Gasteiger partial charge is 0.497 e. The number of carbonyl (C=O) groups is 2. The Balaban J connectivity index is 1.59. The molecular formula is C21H25N3O4. The number of Topliss-reactive ketones (excluding diaryl/α,β-unsaturated/α-hetero) is 1. The number of carbonyl (C=O) groups excluding carboxylic acids is 2. The highest BCUT2D eigenvalue weighted by Gasteiger charge is 2.16. The van der Waals surface area contributed by atoms with Crippen molar-refractivity contribution >= 4 is 17.4 Å². The summed E-state index contributed by atoms with van der Waals surface area (Å²) in [5.74, 6) is 0.374. The Morgan fingerprint density at radius 3 is 2.64 bits per heavy atom. The number of methoxy groups -OCH3 is 1. The first kappa shape index (κ1) is 20.0. The Morgan fingerprint density at radius 2 is 1.93 bits per heavy atom. The van der Waals surface area contributed by atoms with Gasteiger partial charge in [0, 0.05) is 37.5 Å². The van der Waals surface area contributed by atoms with Crippen molar-refractivity contribution in [3.05, 3.63) is 53.9 Å². The molecule has 3 rings (SSSR count). The molecule has 0 spiro atoms. The molecule has 1 aliphatic heterocycles. The quantitative estimate of drug-likeness (QED) is 0.706. The third kappa shape index (κ3) is 5.37. The van der Waals surface area contributed by atoms with Gasteiger partial charge in [0.25, 0.3) is 5.91 Å². The van der Waals surface area contributed by atoms with Crippen LogP contribution in [0.3, 0.4) is 0 Å². The maximum Gasteiger partial charge on any atom is 0.255 e. The molecule has 0 radical (unpaired) electrons. The molecule has 7 heteroatoms. The maximum absolute atomic E-state index is 12.7. The number of benzene rings is 1. The molecule has 1 amide bonds. The second-order valence-electron chi connectivity index (χ2n) is 6.58. The fourth-order valence-corrected chi connectivity index (χ4v) is 3.09. The number of rotatable bonds is 8. The Bertz CT molecular complexity index is 802. The fraction of sp³-hybridized carbons (Fsp3) is 0.381. The smallest absolute Gasteiger partial charge is 0.255 e. The van der Waals surface area contributed by atoms with E-state index in [0.29, 0.717) is 29.0 Å². The molecule has 28 heavy (non-hydrogen) atoms. The monoisotopic (exact) mass is 383 g/mol. The summed E-state index contributed by atoms with van der Waals surface area (Å²) in [5.41, 5.74) is 1.40. The van der Waals surface area contributed by atoms with E-state index in [2.05, 4.69) is 15.2 Å². The van der Waals surface area contributed by atoms with Gasteiger partial charge >= 0.3 is 0 Å². The average molecular weight is 383 g/mol. The molecule has 148 valence electrons. The number of aromatic nitrogens is 1. The van der Waals surface area contributed by atoms with Gasteiger partial charge in [-0.2, -0.15) is 0 Å². The molecule has 0 atom stereocenters. The molecule has 7 nitrogen and oxygen atoms in total. The summed E-state index contributed by atoms with van der Waals surface area (Å²) in [5, 5.41) is 2.82. The van der Waals surface area contributed by atoms with Gasteiger partial charge in [-0.3, -0.25) is 19.5 Å². The summed E-state index contributed by atoms with van der Waals surface area (Å²) in [6, 6.07) is 8.45. The van der Waals surface area contributed by atoms with Gasteiger partial charge in [-0.1, -0.05) is 0 Å². The minimum Gasteiger partial charge on any atom is -0.497 e. The Labute approximate surface area is 164 Å². The van der Waals surface area contributed by atoms with E-state index in [4.69, 9.17) is 9.47 Å². The van der Waals surface area contributed by atoms with E-state index in [-0.39, 0.29) is 11.7 Å². The van der Waals surface area contributed by atoms with Crippen molar-refractivity contribution in [1.29, 1.82) is 0 Å². The van der Waals surface area contributed by atoms with Crippen molar-refractivity contribution in [3.8, 4) is 5.75 Å². The molecule has 1 aromatic carbocycles. The van der Waals surface area contributed by atoms with Crippen molar-refractivity contribution in [1.82, 2.24) is 9.88 Å². The molecule has 2 aromatic rings. The number of hydrogen-bond donors (Lipinski definition) is 1. The number of ketones is 1. The van der Waals surface area contributed by atoms with Crippen LogP contribution >= 0.6 is 0 Å². The summed E-state index contributed by atoms with van der Waals surface area (Å²) < 4.78 is 10.4. The number of nitrogens with one attached hydrogen (secondary N) is 1. The number of anilines is 1. The molecular weight excluding hydrogens is 358 g/mol. The Morgan fingerprint density at radius 1 is 1.18 bits per heavy atom. The van der Waals surface area contributed by atoms with Crippen LogP contribution in [0.5, 0.6) is 5.75 Å². The minimum atomic E-state index is -0.281. The van der Waals surface area contributed by atoms with E-state index in [9.17, 15) is 9.59 Å². The van der Waals surface area contributed by atoms with Crippen LogP contribution in [0.4, 0.5) is 5.69 Å². The first-order valence-electron chi connectivity index (χ1n) is 9.40. The molecule has 0 saturated carbocycles. The zero-order valence-corrected chi connectivity index (χ0v) is 16.0. The zero-order valence-electron chi connectivity index (χ0n) is 16.0. The second-order valence-corrected chi connectivity index (χ2v) is 6.58. The standard InChI is InChI=1S/C21H25N3O4/c1-27-17-6-4-16(5-7-17)21(26)23-19-8-9-22-15-18(19)20(25)3-2-10-24-11-13-28-14-12-24/h4-9,15H,2-3,10-14H2,1H3,(H,22,23,26). The van der Waals surface area contributed by atoms with E-state index in [1.807, 2.05) is 0 Å². The van der Waals surface area contributed by atoms with E-state index >= 15 is 0 Å². The lowest BCUT2D eigenvalue weighted by molar-refractivity contribution is 0.0371. The number of amides is 1. The van der Waals surface area contributed by atoms with Gasteiger partial charge in [-0.15, -0.1) is 0 Å². The molecule has 1 fully saturated rings. The average Bonchev–Trinajstić information content (AvgIpc) is 2.75. The molecule has 1 aromatic heterocycles. The highest BCUT2D eigenvalue weighted by Crippen LogP contribution is 2.19. The number of morpholine rings is 1. The number of nitrogens with zero attached hydrogens (tertiary/aromatic N) is 2. The molecule has 0 unspecified atom stereocenters. The summed E-state index contributed by atoms with van der Waals surface area (Å²) in [6.45, 7) is 4.17. The lowest BCUT2D eigenvalue weighted by Gasteiger charge is -2.26. The van der Waals surface area contributed by atoms with Gasteiger partial charge in [-0.05, 0) is 43.3 Å². The van der Waals surface area contributed by atoms with E-state index in [0.717, 1.165) is 39.3 Å². The summed E-state index contributed by atoms with van der Waals surface area (Å²) in [4.78, 5) is 31.5. The molecule has 1 N–H and O–H groups in total. The van der Waals surface area contributed by atoms with E-state index in [1.165, 1.54) is 6.20 Å². The molecule has 1 saturated heterocycles. The van der Waals surface area contributed by atoms with Crippen LogP contribution < -0.4 is 10.1 Å². The van der Waals surface area contributed by atoms with Crippen molar-refractivity contribution < 1.29 is 19.1 Å². The Kier molecular flexibility index (Phi) is 7.11. The highest BCUT2D eigenvalue weighted by molar-refractivity contribution is 6.09. The highest BCUT2D eigenvalue weighted by atomic mass is 16.5. The van der Waals surface area contributed by atoms with Gasteiger partial charge in [0.1, 0.15) is 5.75 Å². The summed E-state index contributed by atoms with van der Waals surface area (Å²) >= 11 is 0. The fourth-order valence-electron chi connectivity index (χ4n) is 3.09. The topological polar surface area (TPSA) is 80.8 Å². The van der Waals surface area contributed by atoms with Gasteiger partial charge in [0.15, 0.2) is 5.78 Å². The first-order valence-corrected chi connectivity index (χ1v) is 9.40. The maximum atomic E-state index is 12.7. The van der Waals surface area contributed by atoms with Crippen LogP contribution in [0.2, 0.25) is 0 Å². The van der Waals surface area contributed by atoms with Gasteiger partial charge in [0.05, 0.1) is 31.6 Å². The number of pyridine rings is 1. The normalized spacial score (nSPS) is 14.5. The summed E-state index contributed by atoms with van der Waals surface area (Å²) in [6.07, 6.45) is 4.25. The van der Waals surface area contributed by atoms with Crippen LogP contribution in [-0.2, 0) is 4.74 Å². The predicted molar refractivity (Wildman–Crippen MR) is 106 cm³/mol. The van der Waals surface area contributed by atoms with Crippen LogP contribution in [-0.4, -0.2) is 61.5 Å². The molecule has 1 aliphatic rings. The lowest BCUT2D eigenvalue weighted by Crippen LogP contribution is -2.36. The van der Waals surface area contributed by atoms with Crippen LogP contribution in [0.25, 0.3) is 0 Å². The van der Waals surface area contributed by atoms with Crippen LogP contribution in [0.15, 0.2) is 42.7 Å². The van der Waals surface area contributed by atoms with Gasteiger partial charge in [0.2, 0.25) is 0 Å². The first-order chi connectivity index (χ1) is 13.7. The lowest BCUT2D eigenvalue weighted by atomic mass is 10.1. The minimum absolute atomic E-state index is 0.0219. The SMILES string of the molecule is COc1ccc(C(=O)Nc2ccncc2C(=O)CCCN2CCOCC2)cc1. The van der Waals surface area contributed by atoms with Crippen LogP contribution in [0.1, 0.15) is 33.6 Å². The van der Waals surface area contributed by atoms with Crippen LogP contribution in [0, 0.1) is 0 Å². The van der Waals surface area contributed by atoms with Crippen molar-refractivity contribution in [2.24, 2.45) is 0 Å². The number of ether oxygens (including phenoxy) is 2. The van der Waals surface area contributed by atoms with Gasteiger partial charge in [-0.25, -0.2) is 0 Å². The Hall–Kier alpha value is -2.77. The predicted octanol–water partition coefficient (Wildman–Crippen LogP) is 2.64. The summed E-state index contributed by atoms with van der Waals surface area (Å²) in [7, 11) is 1.57. The zero-order chi connectivity index (χ0) is 19.8. The third-order valence-corrected chi connectivity index (χ3v) is 4.70. The second kappa shape index (κ2) is 9.96. The number of hydrogen-bond acceptors (Lipinski definition) is 6. The molecule has 0 bridgehead atoms.